The second kappa shape index (κ2) is 8.57. The van der Waals surface area contributed by atoms with Gasteiger partial charge in [0.05, 0.1) is 11.5 Å². The molecule has 1 aromatic heterocycles. The summed E-state index contributed by atoms with van der Waals surface area (Å²) in [6, 6.07) is 4.85. The maximum Gasteiger partial charge on any atom is 0.336 e. The summed E-state index contributed by atoms with van der Waals surface area (Å²) < 4.78 is 34.4. The molecule has 0 unspecified atom stereocenters. The molecular formula is C21H27NO6S. The average molecular weight is 422 g/mol. The van der Waals surface area contributed by atoms with Gasteiger partial charge in [0.15, 0.2) is 16.4 Å². The molecule has 2 heterocycles. The lowest BCUT2D eigenvalue weighted by atomic mass is 10.0. The highest BCUT2D eigenvalue weighted by Gasteiger charge is 2.32. The molecule has 1 aliphatic rings. The summed E-state index contributed by atoms with van der Waals surface area (Å²) in [4.78, 5) is 25.9. The summed E-state index contributed by atoms with van der Waals surface area (Å²) in [5.74, 6) is 0.286. The van der Waals surface area contributed by atoms with Crippen molar-refractivity contribution < 1.29 is 22.4 Å². The average Bonchev–Trinajstić information content (AvgIpc) is 3.04. The number of likely N-dealkylation sites (N-methyl/N-ethyl adjacent to an activating group) is 1. The molecule has 7 nitrogen and oxygen atoms in total. The van der Waals surface area contributed by atoms with Gasteiger partial charge in [0.1, 0.15) is 11.3 Å². The van der Waals surface area contributed by atoms with E-state index in [0.717, 1.165) is 30.2 Å². The molecule has 29 heavy (non-hydrogen) atoms. The molecule has 1 aromatic carbocycles. The number of sulfone groups is 1. The number of carbonyl (C=O) groups excluding carboxylic acids is 1. The van der Waals surface area contributed by atoms with Crippen molar-refractivity contribution in [2.75, 3.05) is 25.2 Å². The fraction of sp³-hybridized carbons (Fsp3) is 0.524. The zero-order valence-electron chi connectivity index (χ0n) is 17.1. The van der Waals surface area contributed by atoms with Gasteiger partial charge in [-0.3, -0.25) is 4.79 Å². The van der Waals surface area contributed by atoms with Gasteiger partial charge in [-0.2, -0.15) is 0 Å². The Labute approximate surface area is 170 Å². The third kappa shape index (κ3) is 4.80. The lowest BCUT2D eigenvalue weighted by Gasteiger charge is -2.23. The molecule has 3 rings (SSSR count). The predicted octanol–water partition coefficient (Wildman–Crippen LogP) is 2.47. The second-order valence-corrected chi connectivity index (χ2v) is 9.84. The normalized spacial score (nSPS) is 18.1. The standard InChI is InChI=1S/C21H27NO6S/c1-4-5-6-15-11-20(24)28-21-14(2)18(8-7-17(15)21)27-12-19(23)22(3)16-9-10-29(25,26)13-16/h7-8,11,16H,4-6,9-10,12-13H2,1-3H3/t16-/m0/s1. The minimum atomic E-state index is -3.06. The van der Waals surface area contributed by atoms with Crippen molar-refractivity contribution in [1.29, 1.82) is 0 Å². The Morgan fingerprint density at radius 1 is 1.34 bits per heavy atom. The van der Waals surface area contributed by atoms with Crippen LogP contribution in [0, 0.1) is 6.92 Å². The molecule has 0 saturated carbocycles. The van der Waals surface area contributed by atoms with Crippen molar-refractivity contribution in [3.63, 3.8) is 0 Å². The maximum atomic E-state index is 12.4. The smallest absolute Gasteiger partial charge is 0.336 e. The maximum absolute atomic E-state index is 12.4. The monoisotopic (exact) mass is 421 g/mol. The van der Waals surface area contributed by atoms with Crippen molar-refractivity contribution in [3.8, 4) is 5.75 Å². The number of fused-ring (bicyclic) bond motifs is 1. The van der Waals surface area contributed by atoms with Gasteiger partial charge in [-0.05, 0) is 43.9 Å². The van der Waals surface area contributed by atoms with Crippen LogP contribution in [-0.4, -0.2) is 50.4 Å². The first kappa shape index (κ1) is 21.4. The molecule has 0 radical (unpaired) electrons. The minimum absolute atomic E-state index is 0.00403. The van der Waals surface area contributed by atoms with E-state index in [4.69, 9.17) is 9.15 Å². The van der Waals surface area contributed by atoms with Crippen LogP contribution in [0.3, 0.4) is 0 Å². The lowest BCUT2D eigenvalue weighted by molar-refractivity contribution is -0.133. The Kier molecular flexibility index (Phi) is 6.31. The summed E-state index contributed by atoms with van der Waals surface area (Å²) in [6.07, 6.45) is 3.25. The van der Waals surface area contributed by atoms with Gasteiger partial charge in [-0.15, -0.1) is 0 Å². The second-order valence-electron chi connectivity index (χ2n) is 7.61. The van der Waals surface area contributed by atoms with Gasteiger partial charge >= 0.3 is 5.63 Å². The molecule has 0 aliphatic carbocycles. The number of nitrogens with zero attached hydrogens (tertiary/aromatic N) is 1. The van der Waals surface area contributed by atoms with Crippen LogP contribution in [0.1, 0.15) is 37.3 Å². The number of hydrogen-bond donors (Lipinski definition) is 0. The SMILES string of the molecule is CCCCc1cc(=O)oc2c(C)c(OCC(=O)N(C)[C@H]3CCS(=O)(=O)C3)ccc12. The van der Waals surface area contributed by atoms with Gasteiger partial charge in [0.2, 0.25) is 0 Å². The topological polar surface area (TPSA) is 93.9 Å². The third-order valence-corrected chi connectivity index (χ3v) is 7.25. The zero-order chi connectivity index (χ0) is 21.2. The van der Waals surface area contributed by atoms with Crippen LogP contribution in [0.15, 0.2) is 27.4 Å². The van der Waals surface area contributed by atoms with Gasteiger partial charge in [-0.1, -0.05) is 13.3 Å². The fourth-order valence-electron chi connectivity index (χ4n) is 3.66. The molecule has 0 spiro atoms. The van der Waals surface area contributed by atoms with Crippen LogP contribution in [0.2, 0.25) is 0 Å². The summed E-state index contributed by atoms with van der Waals surface area (Å²) >= 11 is 0. The Morgan fingerprint density at radius 3 is 2.76 bits per heavy atom. The number of unbranched alkanes of at least 4 members (excludes halogenated alkanes) is 1. The summed E-state index contributed by atoms with van der Waals surface area (Å²) in [6.45, 7) is 3.68. The van der Waals surface area contributed by atoms with Crippen molar-refractivity contribution >= 4 is 26.7 Å². The van der Waals surface area contributed by atoms with E-state index in [-0.39, 0.29) is 30.1 Å². The molecule has 1 atom stereocenters. The number of rotatable bonds is 7. The van der Waals surface area contributed by atoms with E-state index in [1.54, 1.807) is 20.0 Å². The number of benzene rings is 1. The van der Waals surface area contributed by atoms with E-state index in [2.05, 4.69) is 6.92 Å². The van der Waals surface area contributed by atoms with Gasteiger partial charge in [0.25, 0.3) is 5.91 Å². The van der Waals surface area contributed by atoms with Crippen LogP contribution < -0.4 is 10.4 Å². The van der Waals surface area contributed by atoms with E-state index >= 15 is 0 Å². The molecule has 2 aromatic rings. The first-order valence-electron chi connectivity index (χ1n) is 9.87. The quantitative estimate of drug-likeness (QED) is 0.638. The molecule has 1 amide bonds. The van der Waals surface area contributed by atoms with Crippen LogP contribution in [0.4, 0.5) is 0 Å². The van der Waals surface area contributed by atoms with Gasteiger partial charge in [-0.25, -0.2) is 13.2 Å². The van der Waals surface area contributed by atoms with Crippen LogP contribution >= 0.6 is 0 Å². The van der Waals surface area contributed by atoms with Crippen LogP contribution in [-0.2, 0) is 21.1 Å². The summed E-state index contributed by atoms with van der Waals surface area (Å²) in [5, 5.41) is 0.877. The third-order valence-electron chi connectivity index (χ3n) is 5.50. The first-order valence-corrected chi connectivity index (χ1v) is 11.7. The first-order chi connectivity index (χ1) is 13.7. The molecule has 158 valence electrons. The number of amides is 1. The van der Waals surface area contributed by atoms with E-state index < -0.39 is 15.5 Å². The molecule has 1 saturated heterocycles. The van der Waals surface area contributed by atoms with Crippen molar-refractivity contribution in [2.45, 2.75) is 45.6 Å². The highest BCUT2D eigenvalue weighted by molar-refractivity contribution is 7.91. The van der Waals surface area contributed by atoms with E-state index in [1.165, 1.54) is 11.0 Å². The van der Waals surface area contributed by atoms with E-state index in [0.29, 0.717) is 23.3 Å². The number of carbonyl (C=O) groups is 1. The Hall–Kier alpha value is -2.35. The fourth-order valence-corrected chi connectivity index (χ4v) is 5.44. The lowest BCUT2D eigenvalue weighted by Crippen LogP contribution is -2.40. The molecule has 0 bridgehead atoms. The van der Waals surface area contributed by atoms with Gasteiger partial charge in [0, 0.05) is 30.1 Å². The molecule has 8 heteroatoms. The zero-order valence-corrected chi connectivity index (χ0v) is 17.9. The van der Waals surface area contributed by atoms with Crippen molar-refractivity contribution in [1.82, 2.24) is 4.90 Å². The highest BCUT2D eigenvalue weighted by Crippen LogP contribution is 2.29. The molecule has 0 N–H and O–H groups in total. The number of ether oxygens (including phenoxy) is 1. The minimum Gasteiger partial charge on any atom is -0.483 e. The van der Waals surface area contributed by atoms with Crippen LogP contribution in [0.5, 0.6) is 5.75 Å². The summed E-state index contributed by atoms with van der Waals surface area (Å²) in [7, 11) is -1.46. The summed E-state index contributed by atoms with van der Waals surface area (Å²) in [5.41, 5.74) is 1.69. The van der Waals surface area contributed by atoms with Gasteiger partial charge < -0.3 is 14.1 Å². The van der Waals surface area contributed by atoms with E-state index in [1.807, 2.05) is 6.07 Å². The highest BCUT2D eigenvalue weighted by atomic mass is 32.2. The van der Waals surface area contributed by atoms with Crippen LogP contribution in [0.25, 0.3) is 11.0 Å². The predicted molar refractivity (Wildman–Crippen MR) is 111 cm³/mol. The molecular weight excluding hydrogens is 394 g/mol. The number of hydrogen-bond acceptors (Lipinski definition) is 6. The Bertz CT molecular complexity index is 1070. The van der Waals surface area contributed by atoms with Crippen molar-refractivity contribution in [2.24, 2.45) is 0 Å². The number of aryl methyl sites for hydroxylation is 2. The largest absolute Gasteiger partial charge is 0.483 e. The Balaban J connectivity index is 1.76. The molecule has 1 fully saturated rings. The molecule has 1 aliphatic heterocycles. The Morgan fingerprint density at radius 2 is 2.10 bits per heavy atom. The van der Waals surface area contributed by atoms with E-state index in [9.17, 15) is 18.0 Å². The van der Waals surface area contributed by atoms with Crippen molar-refractivity contribution in [3.05, 3.63) is 39.7 Å².